The number of carbonyl (C=O) groups excluding carboxylic acids is 2. The van der Waals surface area contributed by atoms with Gasteiger partial charge >= 0.3 is 12.1 Å². The molecule has 1 heterocycles. The van der Waals surface area contributed by atoms with Crippen LogP contribution in [0.1, 0.15) is 44.2 Å². The quantitative estimate of drug-likeness (QED) is 0.697. The molecule has 2 amide bonds. The molecule has 7 nitrogen and oxygen atoms in total. The van der Waals surface area contributed by atoms with Crippen molar-refractivity contribution >= 4 is 18.0 Å². The molecule has 7 heteroatoms. The number of likely N-dealkylation sites (tertiary alicyclic amines) is 1. The number of nitrogens with one attached hydrogen (secondary N) is 1. The highest BCUT2D eigenvalue weighted by atomic mass is 16.5. The minimum Gasteiger partial charge on any atom is -0.481 e. The molecule has 174 valence electrons. The molecule has 3 atom stereocenters. The molecule has 0 aromatic heterocycles. The van der Waals surface area contributed by atoms with Gasteiger partial charge in [-0.25, -0.2) is 4.79 Å². The first-order valence-corrected chi connectivity index (χ1v) is 11.3. The number of carboxylic acid groups (broad SMARTS) is 1. The van der Waals surface area contributed by atoms with E-state index >= 15 is 0 Å². The molecule has 1 aliphatic carbocycles. The minimum atomic E-state index is -0.945. The molecular formula is C26H30N2O5. The Balaban J connectivity index is 1.31. The van der Waals surface area contributed by atoms with Gasteiger partial charge in [0.2, 0.25) is 5.91 Å². The standard InChI is InChI=1S/C26H30N2O5/c1-16-13-28(15-26(16,3)24(30)31)23(29)12-17(2)27-25(32)33-14-22-20-10-6-4-8-18(20)19-9-5-7-11-21(19)22/h4-11,16-17,22H,12-15H2,1-3H3,(H,27,32)(H,30,31)/t16-,17-,26-/m1/s1. The van der Waals surface area contributed by atoms with Crippen molar-refractivity contribution in [1.82, 2.24) is 10.2 Å². The predicted molar refractivity (Wildman–Crippen MR) is 124 cm³/mol. The molecule has 0 spiro atoms. The number of amides is 2. The van der Waals surface area contributed by atoms with Crippen molar-refractivity contribution in [2.45, 2.75) is 39.2 Å². The molecule has 4 rings (SSSR count). The number of ether oxygens (including phenoxy) is 1. The third-order valence-electron chi connectivity index (χ3n) is 7.13. The number of rotatable bonds is 6. The Morgan fingerprint density at radius 3 is 2.24 bits per heavy atom. The number of carboxylic acids is 1. The van der Waals surface area contributed by atoms with Crippen molar-refractivity contribution in [2.75, 3.05) is 19.7 Å². The number of aliphatic carboxylic acids is 1. The first kappa shape index (κ1) is 22.8. The van der Waals surface area contributed by atoms with E-state index in [1.165, 1.54) is 0 Å². The van der Waals surface area contributed by atoms with Crippen molar-refractivity contribution in [3.8, 4) is 11.1 Å². The summed E-state index contributed by atoms with van der Waals surface area (Å²) in [7, 11) is 0. The van der Waals surface area contributed by atoms with Crippen LogP contribution >= 0.6 is 0 Å². The van der Waals surface area contributed by atoms with Crippen molar-refractivity contribution in [1.29, 1.82) is 0 Å². The van der Waals surface area contributed by atoms with Crippen molar-refractivity contribution in [2.24, 2.45) is 11.3 Å². The SMILES string of the molecule is C[C@H](CC(=O)N1C[C@@H](C)[C@](C)(C(=O)O)C1)NC(=O)OCC1c2ccccc2-c2ccccc21. The van der Waals surface area contributed by atoms with Crippen molar-refractivity contribution in [3.63, 3.8) is 0 Å². The zero-order valence-corrected chi connectivity index (χ0v) is 19.2. The average Bonchev–Trinajstić information content (AvgIpc) is 3.27. The fourth-order valence-corrected chi connectivity index (χ4v) is 4.90. The summed E-state index contributed by atoms with van der Waals surface area (Å²) in [5, 5.41) is 12.2. The molecule has 2 aliphatic rings. The Morgan fingerprint density at radius 2 is 1.70 bits per heavy atom. The zero-order chi connectivity index (χ0) is 23.8. The molecule has 1 aliphatic heterocycles. The topological polar surface area (TPSA) is 95.9 Å². The van der Waals surface area contributed by atoms with E-state index in [9.17, 15) is 19.5 Å². The van der Waals surface area contributed by atoms with E-state index in [-0.39, 0.29) is 37.3 Å². The lowest BCUT2D eigenvalue weighted by Gasteiger charge is -2.23. The molecule has 0 bridgehead atoms. The van der Waals surface area contributed by atoms with Crippen LogP contribution in [0.15, 0.2) is 48.5 Å². The number of hydrogen-bond donors (Lipinski definition) is 2. The van der Waals surface area contributed by atoms with Crippen LogP contribution in [0.2, 0.25) is 0 Å². The van der Waals surface area contributed by atoms with Gasteiger partial charge in [-0.1, -0.05) is 55.5 Å². The van der Waals surface area contributed by atoms with E-state index < -0.39 is 23.5 Å². The number of alkyl carbamates (subject to hydrolysis) is 1. The van der Waals surface area contributed by atoms with Crippen molar-refractivity contribution < 1.29 is 24.2 Å². The van der Waals surface area contributed by atoms with Gasteiger partial charge in [0.25, 0.3) is 0 Å². The van der Waals surface area contributed by atoms with Gasteiger partial charge in [-0.15, -0.1) is 0 Å². The second kappa shape index (κ2) is 8.89. The highest BCUT2D eigenvalue weighted by Crippen LogP contribution is 2.44. The average molecular weight is 451 g/mol. The smallest absolute Gasteiger partial charge is 0.407 e. The lowest BCUT2D eigenvalue weighted by Crippen LogP contribution is -2.40. The number of carbonyl (C=O) groups is 3. The van der Waals surface area contributed by atoms with Gasteiger partial charge in [-0.3, -0.25) is 9.59 Å². The van der Waals surface area contributed by atoms with Gasteiger partial charge in [0.15, 0.2) is 0 Å². The van der Waals surface area contributed by atoms with E-state index in [1.807, 2.05) is 31.2 Å². The lowest BCUT2D eigenvalue weighted by atomic mass is 9.81. The van der Waals surface area contributed by atoms with E-state index in [2.05, 4.69) is 29.6 Å². The number of hydrogen-bond acceptors (Lipinski definition) is 4. The van der Waals surface area contributed by atoms with Crippen LogP contribution in [0.25, 0.3) is 11.1 Å². The summed E-state index contributed by atoms with van der Waals surface area (Å²) in [5.74, 6) is -1.22. The second-order valence-electron chi connectivity index (χ2n) is 9.47. The summed E-state index contributed by atoms with van der Waals surface area (Å²) in [5.41, 5.74) is 3.65. The fraction of sp³-hybridized carbons (Fsp3) is 0.423. The third kappa shape index (κ3) is 4.32. The molecule has 0 unspecified atom stereocenters. The van der Waals surface area contributed by atoms with Crippen LogP contribution in [0.4, 0.5) is 4.79 Å². The maximum atomic E-state index is 12.7. The Morgan fingerprint density at radius 1 is 1.12 bits per heavy atom. The predicted octanol–water partition coefficient (Wildman–Crippen LogP) is 3.87. The fourth-order valence-electron chi connectivity index (χ4n) is 4.90. The molecule has 1 saturated heterocycles. The van der Waals surface area contributed by atoms with E-state index in [1.54, 1.807) is 18.7 Å². The highest BCUT2D eigenvalue weighted by Gasteiger charge is 2.47. The van der Waals surface area contributed by atoms with E-state index in [0.717, 1.165) is 22.3 Å². The Hall–Kier alpha value is -3.35. The van der Waals surface area contributed by atoms with Gasteiger partial charge in [-0.05, 0) is 42.0 Å². The van der Waals surface area contributed by atoms with Gasteiger partial charge < -0.3 is 20.1 Å². The van der Waals surface area contributed by atoms with Gasteiger partial charge in [0, 0.05) is 31.5 Å². The molecule has 2 aromatic rings. The maximum Gasteiger partial charge on any atom is 0.407 e. The summed E-state index contributed by atoms with van der Waals surface area (Å²) in [6.45, 7) is 6.06. The molecule has 0 saturated carbocycles. The van der Waals surface area contributed by atoms with Gasteiger partial charge in [-0.2, -0.15) is 0 Å². The lowest BCUT2D eigenvalue weighted by molar-refractivity contribution is -0.149. The molecule has 1 fully saturated rings. The number of benzene rings is 2. The zero-order valence-electron chi connectivity index (χ0n) is 19.2. The molecular weight excluding hydrogens is 420 g/mol. The minimum absolute atomic E-state index is 0.0279. The summed E-state index contributed by atoms with van der Waals surface area (Å²) in [6, 6.07) is 15.8. The number of nitrogens with zero attached hydrogens (tertiary/aromatic N) is 1. The first-order valence-electron chi connectivity index (χ1n) is 11.3. The number of fused-ring (bicyclic) bond motifs is 3. The molecule has 0 radical (unpaired) electrons. The van der Waals surface area contributed by atoms with E-state index in [4.69, 9.17) is 4.74 Å². The summed E-state index contributed by atoms with van der Waals surface area (Å²) < 4.78 is 5.55. The van der Waals surface area contributed by atoms with Crippen LogP contribution in [0.5, 0.6) is 0 Å². The van der Waals surface area contributed by atoms with Crippen molar-refractivity contribution in [3.05, 3.63) is 59.7 Å². The van der Waals surface area contributed by atoms with Crippen LogP contribution in [0, 0.1) is 11.3 Å². The molecule has 2 aromatic carbocycles. The Labute approximate surface area is 193 Å². The Kier molecular flexibility index (Phi) is 6.15. The van der Waals surface area contributed by atoms with Crippen LogP contribution in [-0.4, -0.2) is 53.7 Å². The summed E-state index contributed by atoms with van der Waals surface area (Å²) in [6.07, 6.45) is -0.477. The van der Waals surface area contributed by atoms with Crippen LogP contribution in [-0.2, 0) is 14.3 Å². The highest BCUT2D eigenvalue weighted by molar-refractivity contribution is 5.82. The monoisotopic (exact) mass is 450 g/mol. The van der Waals surface area contributed by atoms with Gasteiger partial charge in [0.05, 0.1) is 5.41 Å². The van der Waals surface area contributed by atoms with Gasteiger partial charge in [0.1, 0.15) is 6.61 Å². The molecule has 33 heavy (non-hydrogen) atoms. The Bertz CT molecular complexity index is 1040. The largest absolute Gasteiger partial charge is 0.481 e. The second-order valence-corrected chi connectivity index (χ2v) is 9.47. The maximum absolute atomic E-state index is 12.7. The third-order valence-corrected chi connectivity index (χ3v) is 7.13. The molecule has 2 N–H and O–H groups in total. The first-order chi connectivity index (χ1) is 15.7. The summed E-state index contributed by atoms with van der Waals surface area (Å²) in [4.78, 5) is 38.3. The van der Waals surface area contributed by atoms with E-state index in [0.29, 0.717) is 6.54 Å². The van der Waals surface area contributed by atoms with Crippen LogP contribution in [0.3, 0.4) is 0 Å². The normalized spacial score (nSPS) is 22.4. The summed E-state index contributed by atoms with van der Waals surface area (Å²) >= 11 is 0. The van der Waals surface area contributed by atoms with Crippen LogP contribution < -0.4 is 5.32 Å².